The minimum Gasteiger partial charge on any atom is -0.488 e. The molecule has 0 aliphatic carbocycles. The molecule has 1 aliphatic heterocycles. The number of carbonyl (C=O) groups is 1. The second-order valence-corrected chi connectivity index (χ2v) is 7.86. The van der Waals surface area contributed by atoms with E-state index >= 15 is 0 Å². The van der Waals surface area contributed by atoms with Gasteiger partial charge in [0.2, 0.25) is 0 Å². The molecule has 27 heavy (non-hydrogen) atoms. The Morgan fingerprint density at radius 2 is 2.00 bits per heavy atom. The zero-order chi connectivity index (χ0) is 18.7. The number of para-hydroxylation sites is 1. The van der Waals surface area contributed by atoms with Gasteiger partial charge in [-0.1, -0.05) is 48.3 Å². The Morgan fingerprint density at radius 3 is 2.67 bits per heavy atom. The summed E-state index contributed by atoms with van der Waals surface area (Å²) in [5, 5.41) is 1.12. The highest BCUT2D eigenvalue weighted by molar-refractivity contribution is 6.35. The summed E-state index contributed by atoms with van der Waals surface area (Å²) in [7, 11) is 0. The number of likely N-dealkylation sites (tertiary alicyclic amines) is 1. The molecule has 1 unspecified atom stereocenters. The molecule has 2 aromatic carbocycles. The van der Waals surface area contributed by atoms with Gasteiger partial charge in [-0.25, -0.2) is 0 Å². The van der Waals surface area contributed by atoms with Gasteiger partial charge < -0.3 is 15.4 Å². The van der Waals surface area contributed by atoms with Crippen molar-refractivity contribution in [3.63, 3.8) is 0 Å². The molecule has 1 heterocycles. The van der Waals surface area contributed by atoms with E-state index in [2.05, 4.69) is 6.92 Å². The first kappa shape index (κ1) is 21.8. The van der Waals surface area contributed by atoms with Crippen molar-refractivity contribution in [2.45, 2.75) is 20.0 Å². The third-order valence-electron chi connectivity index (χ3n) is 4.85. The summed E-state index contributed by atoms with van der Waals surface area (Å²) in [5.41, 5.74) is 7.21. The van der Waals surface area contributed by atoms with Crippen LogP contribution in [0.1, 0.15) is 29.3 Å². The van der Waals surface area contributed by atoms with Crippen molar-refractivity contribution in [3.05, 3.63) is 63.6 Å². The van der Waals surface area contributed by atoms with Gasteiger partial charge in [0, 0.05) is 28.7 Å². The molecule has 3 rings (SSSR count). The Labute approximate surface area is 176 Å². The molecule has 0 saturated carbocycles. The average molecular weight is 430 g/mol. The summed E-state index contributed by atoms with van der Waals surface area (Å²) in [6, 6.07) is 12.5. The summed E-state index contributed by atoms with van der Waals surface area (Å²) in [4.78, 5) is 14.8. The lowest BCUT2D eigenvalue weighted by atomic mass is 9.90. The molecule has 1 amide bonds. The van der Waals surface area contributed by atoms with E-state index in [1.807, 2.05) is 23.1 Å². The van der Waals surface area contributed by atoms with Crippen LogP contribution in [0, 0.1) is 5.41 Å². The Bertz CT molecular complexity index is 816. The van der Waals surface area contributed by atoms with Gasteiger partial charge in [0.25, 0.3) is 5.91 Å². The van der Waals surface area contributed by atoms with Gasteiger partial charge in [0.1, 0.15) is 12.4 Å². The number of halogens is 3. The van der Waals surface area contributed by atoms with Crippen LogP contribution < -0.4 is 10.5 Å². The minimum atomic E-state index is -0.0278. The monoisotopic (exact) mass is 428 g/mol. The predicted molar refractivity (Wildman–Crippen MR) is 112 cm³/mol. The van der Waals surface area contributed by atoms with E-state index in [0.29, 0.717) is 41.0 Å². The second-order valence-electron chi connectivity index (χ2n) is 7.01. The van der Waals surface area contributed by atoms with Crippen molar-refractivity contribution in [1.82, 2.24) is 4.90 Å². The fourth-order valence-electron chi connectivity index (χ4n) is 3.10. The van der Waals surface area contributed by atoms with Gasteiger partial charge in [-0.3, -0.25) is 4.79 Å². The highest BCUT2D eigenvalue weighted by Crippen LogP contribution is 2.31. The summed E-state index contributed by atoms with van der Waals surface area (Å²) in [5.74, 6) is 0.518. The zero-order valence-electron chi connectivity index (χ0n) is 15.1. The molecule has 0 spiro atoms. The smallest absolute Gasteiger partial charge is 0.257 e. The largest absolute Gasteiger partial charge is 0.488 e. The number of amides is 1. The Morgan fingerprint density at radius 1 is 1.26 bits per heavy atom. The molecule has 0 bridgehead atoms. The van der Waals surface area contributed by atoms with Gasteiger partial charge in [0.05, 0.1) is 5.56 Å². The molecule has 4 nitrogen and oxygen atoms in total. The lowest BCUT2D eigenvalue weighted by Crippen LogP contribution is -2.34. The molecule has 7 heteroatoms. The minimum absolute atomic E-state index is 0. The maximum absolute atomic E-state index is 13.0. The van der Waals surface area contributed by atoms with Crippen LogP contribution in [-0.4, -0.2) is 30.4 Å². The molecule has 2 N–H and O–H groups in total. The van der Waals surface area contributed by atoms with E-state index < -0.39 is 0 Å². The molecule has 1 fully saturated rings. The lowest BCUT2D eigenvalue weighted by Gasteiger charge is -2.23. The topological polar surface area (TPSA) is 55.6 Å². The summed E-state index contributed by atoms with van der Waals surface area (Å²) in [6.07, 6.45) is 0.915. The second kappa shape index (κ2) is 9.16. The van der Waals surface area contributed by atoms with Crippen LogP contribution in [0.5, 0.6) is 5.75 Å². The van der Waals surface area contributed by atoms with E-state index in [1.165, 1.54) is 0 Å². The summed E-state index contributed by atoms with van der Waals surface area (Å²) in [6.45, 7) is 4.33. The first-order chi connectivity index (χ1) is 12.4. The lowest BCUT2D eigenvalue weighted by molar-refractivity contribution is 0.0772. The van der Waals surface area contributed by atoms with Gasteiger partial charge >= 0.3 is 0 Å². The van der Waals surface area contributed by atoms with Gasteiger partial charge in [-0.2, -0.15) is 0 Å². The van der Waals surface area contributed by atoms with Crippen molar-refractivity contribution < 1.29 is 9.53 Å². The molecule has 0 aromatic heterocycles. The van der Waals surface area contributed by atoms with Crippen LogP contribution in [0.4, 0.5) is 0 Å². The van der Waals surface area contributed by atoms with Crippen molar-refractivity contribution in [1.29, 1.82) is 0 Å². The Balaban J connectivity index is 0.00000261. The summed E-state index contributed by atoms with van der Waals surface area (Å²) < 4.78 is 5.90. The van der Waals surface area contributed by atoms with Gasteiger partial charge in [-0.05, 0) is 42.6 Å². The standard InChI is InChI=1S/C20H22Cl2N2O2.ClH/c1-20(12-23)8-9-24(13-20)19(25)16-4-2-3-5-18(16)26-11-14-6-7-15(21)10-17(14)22;/h2-7,10H,8-9,11-13,23H2,1H3;1H. The molecule has 1 aliphatic rings. The van der Waals surface area contributed by atoms with Crippen LogP contribution in [0.2, 0.25) is 10.0 Å². The third-order valence-corrected chi connectivity index (χ3v) is 5.44. The SMILES string of the molecule is CC1(CN)CCN(C(=O)c2ccccc2OCc2ccc(Cl)cc2Cl)C1.Cl. The number of nitrogens with two attached hydrogens (primary N) is 1. The Kier molecular flexibility index (Phi) is 7.40. The first-order valence-corrected chi connectivity index (χ1v) is 9.32. The number of hydrogen-bond acceptors (Lipinski definition) is 3. The highest BCUT2D eigenvalue weighted by Gasteiger charge is 2.35. The quantitative estimate of drug-likeness (QED) is 0.742. The van der Waals surface area contributed by atoms with E-state index in [9.17, 15) is 4.79 Å². The number of nitrogens with zero attached hydrogens (tertiary/aromatic N) is 1. The van der Waals surface area contributed by atoms with Gasteiger partial charge in [0.15, 0.2) is 0 Å². The summed E-state index contributed by atoms with van der Waals surface area (Å²) >= 11 is 12.1. The zero-order valence-corrected chi connectivity index (χ0v) is 17.4. The fourth-order valence-corrected chi connectivity index (χ4v) is 3.56. The number of benzene rings is 2. The number of hydrogen-bond donors (Lipinski definition) is 1. The Hall–Kier alpha value is -1.46. The van der Waals surface area contributed by atoms with E-state index in [0.717, 1.165) is 12.0 Å². The number of rotatable bonds is 5. The van der Waals surface area contributed by atoms with Crippen molar-refractivity contribution >= 4 is 41.5 Å². The van der Waals surface area contributed by atoms with Crippen LogP contribution in [-0.2, 0) is 6.61 Å². The highest BCUT2D eigenvalue weighted by atomic mass is 35.5. The maximum Gasteiger partial charge on any atom is 0.257 e. The van der Waals surface area contributed by atoms with E-state index in [-0.39, 0.29) is 30.3 Å². The van der Waals surface area contributed by atoms with Gasteiger partial charge in [-0.15, -0.1) is 12.4 Å². The van der Waals surface area contributed by atoms with Crippen LogP contribution in [0.15, 0.2) is 42.5 Å². The van der Waals surface area contributed by atoms with Crippen molar-refractivity contribution in [2.75, 3.05) is 19.6 Å². The van der Waals surface area contributed by atoms with E-state index in [4.69, 9.17) is 33.7 Å². The predicted octanol–water partition coefficient (Wildman–Crippen LogP) is 4.81. The van der Waals surface area contributed by atoms with E-state index in [1.54, 1.807) is 24.3 Å². The van der Waals surface area contributed by atoms with Crippen LogP contribution >= 0.6 is 35.6 Å². The fraction of sp³-hybridized carbons (Fsp3) is 0.350. The number of ether oxygens (including phenoxy) is 1. The molecule has 1 atom stereocenters. The third kappa shape index (κ3) is 5.08. The van der Waals surface area contributed by atoms with Crippen molar-refractivity contribution in [2.24, 2.45) is 11.1 Å². The molecular weight excluding hydrogens is 407 g/mol. The average Bonchev–Trinajstić information content (AvgIpc) is 3.04. The number of carbonyl (C=O) groups excluding carboxylic acids is 1. The van der Waals surface area contributed by atoms with Crippen LogP contribution in [0.3, 0.4) is 0 Å². The molecular formula is C20H23Cl3N2O2. The molecule has 146 valence electrons. The van der Waals surface area contributed by atoms with Crippen molar-refractivity contribution in [3.8, 4) is 5.75 Å². The normalized spacial score (nSPS) is 18.9. The molecule has 0 radical (unpaired) electrons. The maximum atomic E-state index is 13.0. The first-order valence-electron chi connectivity index (χ1n) is 8.57. The molecule has 2 aromatic rings. The van der Waals surface area contributed by atoms with Crippen LogP contribution in [0.25, 0.3) is 0 Å². The molecule has 1 saturated heterocycles.